The van der Waals surface area contributed by atoms with E-state index in [4.69, 9.17) is 4.74 Å². The van der Waals surface area contributed by atoms with Gasteiger partial charge in [0.25, 0.3) is 0 Å². The third kappa shape index (κ3) is 2.61. The van der Waals surface area contributed by atoms with E-state index in [1.165, 1.54) is 18.2 Å². The molecule has 116 valence electrons. The third-order valence-corrected chi connectivity index (χ3v) is 3.73. The zero-order valence-electron chi connectivity index (χ0n) is 12.6. The van der Waals surface area contributed by atoms with Crippen molar-refractivity contribution in [3.8, 4) is 17.0 Å². The van der Waals surface area contributed by atoms with Crippen LogP contribution in [-0.2, 0) is 0 Å². The summed E-state index contributed by atoms with van der Waals surface area (Å²) in [6, 6.07) is 11.1. The van der Waals surface area contributed by atoms with Crippen LogP contribution in [0.15, 0.2) is 42.5 Å². The van der Waals surface area contributed by atoms with Gasteiger partial charge in [-0.1, -0.05) is 12.1 Å². The second kappa shape index (κ2) is 5.68. The lowest BCUT2D eigenvalue weighted by Gasteiger charge is -2.11. The molecule has 0 radical (unpaired) electrons. The van der Waals surface area contributed by atoms with E-state index in [-0.39, 0.29) is 16.5 Å². The van der Waals surface area contributed by atoms with Gasteiger partial charge in [-0.05, 0) is 42.8 Å². The van der Waals surface area contributed by atoms with Gasteiger partial charge in [-0.25, -0.2) is 14.2 Å². The summed E-state index contributed by atoms with van der Waals surface area (Å²) in [5.41, 5.74) is 2.10. The summed E-state index contributed by atoms with van der Waals surface area (Å²) in [6.07, 6.45) is 0. The highest BCUT2D eigenvalue weighted by Gasteiger charge is 2.16. The molecule has 5 heteroatoms. The SMILES string of the molecule is COc1ccc(-c2cc(C(=O)O)c3cccc(F)c3n2)c(C)c1. The largest absolute Gasteiger partial charge is 0.497 e. The molecule has 0 saturated heterocycles. The zero-order valence-corrected chi connectivity index (χ0v) is 12.6. The number of carboxylic acids is 1. The summed E-state index contributed by atoms with van der Waals surface area (Å²) in [6.45, 7) is 1.87. The first-order valence-electron chi connectivity index (χ1n) is 6.99. The summed E-state index contributed by atoms with van der Waals surface area (Å²) in [5, 5.41) is 9.71. The lowest BCUT2D eigenvalue weighted by atomic mass is 10.0. The number of carbonyl (C=O) groups is 1. The van der Waals surface area contributed by atoms with E-state index in [1.54, 1.807) is 25.3 Å². The molecule has 0 atom stereocenters. The maximum absolute atomic E-state index is 14.1. The molecule has 3 aromatic rings. The monoisotopic (exact) mass is 311 g/mol. The number of aromatic carboxylic acids is 1. The molecule has 4 nitrogen and oxygen atoms in total. The van der Waals surface area contributed by atoms with Crippen molar-refractivity contribution >= 4 is 16.9 Å². The first-order chi connectivity index (χ1) is 11.0. The molecule has 0 fully saturated rings. The number of ether oxygens (including phenoxy) is 1. The highest BCUT2D eigenvalue weighted by atomic mass is 19.1. The molecular weight excluding hydrogens is 297 g/mol. The Bertz CT molecular complexity index is 922. The number of methoxy groups -OCH3 is 1. The lowest BCUT2D eigenvalue weighted by Crippen LogP contribution is -2.02. The van der Waals surface area contributed by atoms with Crippen molar-refractivity contribution in [1.29, 1.82) is 0 Å². The average molecular weight is 311 g/mol. The van der Waals surface area contributed by atoms with Crippen molar-refractivity contribution in [2.24, 2.45) is 0 Å². The van der Waals surface area contributed by atoms with Crippen molar-refractivity contribution in [3.63, 3.8) is 0 Å². The molecule has 2 aromatic carbocycles. The van der Waals surface area contributed by atoms with E-state index < -0.39 is 11.8 Å². The van der Waals surface area contributed by atoms with Crippen LogP contribution in [0.3, 0.4) is 0 Å². The number of para-hydroxylation sites is 1. The number of rotatable bonds is 3. The quantitative estimate of drug-likeness (QED) is 0.792. The van der Waals surface area contributed by atoms with E-state index in [1.807, 2.05) is 13.0 Å². The first kappa shape index (κ1) is 15.0. The van der Waals surface area contributed by atoms with Gasteiger partial charge in [0.2, 0.25) is 0 Å². The van der Waals surface area contributed by atoms with Gasteiger partial charge < -0.3 is 9.84 Å². The van der Waals surface area contributed by atoms with Crippen LogP contribution in [0.1, 0.15) is 15.9 Å². The summed E-state index contributed by atoms with van der Waals surface area (Å²) in [5.74, 6) is -0.967. The van der Waals surface area contributed by atoms with Crippen molar-refractivity contribution in [2.45, 2.75) is 6.92 Å². The molecular formula is C18H14FNO3. The fourth-order valence-corrected chi connectivity index (χ4v) is 2.58. The second-order valence-corrected chi connectivity index (χ2v) is 5.18. The normalized spacial score (nSPS) is 10.7. The van der Waals surface area contributed by atoms with Crippen LogP contribution in [0.2, 0.25) is 0 Å². The molecule has 0 saturated carbocycles. The van der Waals surface area contributed by atoms with Gasteiger partial charge in [0, 0.05) is 10.9 Å². The van der Waals surface area contributed by atoms with Crippen LogP contribution in [0.25, 0.3) is 22.2 Å². The fourth-order valence-electron chi connectivity index (χ4n) is 2.58. The summed E-state index contributed by atoms with van der Waals surface area (Å²) >= 11 is 0. The number of hydrogen-bond donors (Lipinski definition) is 1. The Labute approximate surface area is 132 Å². The Morgan fingerprint density at radius 2 is 2.00 bits per heavy atom. The molecule has 0 aliphatic heterocycles. The second-order valence-electron chi connectivity index (χ2n) is 5.18. The zero-order chi connectivity index (χ0) is 16.6. The minimum atomic E-state index is -1.12. The van der Waals surface area contributed by atoms with Crippen molar-refractivity contribution in [2.75, 3.05) is 7.11 Å². The van der Waals surface area contributed by atoms with Gasteiger partial charge in [-0.2, -0.15) is 0 Å². The Hall–Kier alpha value is -2.95. The predicted molar refractivity (Wildman–Crippen MR) is 85.4 cm³/mol. The number of aromatic nitrogens is 1. The van der Waals surface area contributed by atoms with Gasteiger partial charge in [0.15, 0.2) is 0 Å². The minimum absolute atomic E-state index is 0.0275. The van der Waals surface area contributed by atoms with Crippen LogP contribution >= 0.6 is 0 Å². The lowest BCUT2D eigenvalue weighted by molar-refractivity contribution is 0.0699. The minimum Gasteiger partial charge on any atom is -0.497 e. The number of benzene rings is 2. The fraction of sp³-hybridized carbons (Fsp3) is 0.111. The molecule has 0 amide bonds. The molecule has 1 N–H and O–H groups in total. The molecule has 0 aliphatic carbocycles. The standard InChI is InChI=1S/C18H14FNO3/c1-10-8-11(23-2)6-7-12(10)16-9-14(18(21)22)13-4-3-5-15(19)17(13)20-16/h3-9H,1-2H3,(H,21,22). The van der Waals surface area contributed by atoms with Crippen molar-refractivity contribution in [3.05, 3.63) is 59.4 Å². The molecule has 0 spiro atoms. The average Bonchev–Trinajstić information content (AvgIpc) is 2.54. The van der Waals surface area contributed by atoms with Gasteiger partial charge in [-0.3, -0.25) is 0 Å². The predicted octanol–water partition coefficient (Wildman–Crippen LogP) is 4.06. The van der Waals surface area contributed by atoms with Crippen molar-refractivity contribution in [1.82, 2.24) is 4.98 Å². The highest BCUT2D eigenvalue weighted by Crippen LogP contribution is 2.30. The van der Waals surface area contributed by atoms with Gasteiger partial charge in [0.05, 0.1) is 18.4 Å². The molecule has 1 heterocycles. The smallest absolute Gasteiger partial charge is 0.336 e. The van der Waals surface area contributed by atoms with Crippen LogP contribution < -0.4 is 4.74 Å². The van der Waals surface area contributed by atoms with Gasteiger partial charge in [0.1, 0.15) is 17.1 Å². The Morgan fingerprint density at radius 1 is 1.22 bits per heavy atom. The summed E-state index contributed by atoms with van der Waals surface area (Å²) in [4.78, 5) is 15.9. The Morgan fingerprint density at radius 3 is 2.65 bits per heavy atom. The van der Waals surface area contributed by atoms with Crippen molar-refractivity contribution < 1.29 is 19.0 Å². The number of fused-ring (bicyclic) bond motifs is 1. The van der Waals surface area contributed by atoms with Crippen LogP contribution in [0, 0.1) is 12.7 Å². The number of nitrogens with zero attached hydrogens (tertiary/aromatic N) is 1. The number of pyridine rings is 1. The number of aryl methyl sites for hydroxylation is 1. The molecule has 1 aromatic heterocycles. The van der Waals surface area contributed by atoms with E-state index in [2.05, 4.69) is 4.98 Å². The Kier molecular flexibility index (Phi) is 3.70. The van der Waals surface area contributed by atoms with Crippen LogP contribution in [0.4, 0.5) is 4.39 Å². The maximum Gasteiger partial charge on any atom is 0.336 e. The van der Waals surface area contributed by atoms with Gasteiger partial charge in [-0.15, -0.1) is 0 Å². The van der Waals surface area contributed by atoms with Crippen LogP contribution in [-0.4, -0.2) is 23.2 Å². The number of hydrogen-bond acceptors (Lipinski definition) is 3. The Balaban J connectivity index is 2.30. The molecule has 23 heavy (non-hydrogen) atoms. The number of carboxylic acid groups (broad SMARTS) is 1. The maximum atomic E-state index is 14.1. The molecule has 3 rings (SSSR count). The molecule has 0 unspecified atom stereocenters. The van der Waals surface area contributed by atoms with E-state index in [0.717, 1.165) is 11.1 Å². The summed E-state index contributed by atoms with van der Waals surface area (Å²) < 4.78 is 19.2. The van der Waals surface area contributed by atoms with Crippen LogP contribution in [0.5, 0.6) is 5.75 Å². The van der Waals surface area contributed by atoms with Gasteiger partial charge >= 0.3 is 5.97 Å². The third-order valence-electron chi connectivity index (χ3n) is 3.73. The molecule has 0 aliphatic rings. The van der Waals surface area contributed by atoms with E-state index >= 15 is 0 Å². The highest BCUT2D eigenvalue weighted by molar-refractivity contribution is 6.04. The first-order valence-corrected chi connectivity index (χ1v) is 6.99. The molecule has 0 bridgehead atoms. The number of halogens is 1. The summed E-state index contributed by atoms with van der Waals surface area (Å²) in [7, 11) is 1.57. The van der Waals surface area contributed by atoms with E-state index in [9.17, 15) is 14.3 Å². The topological polar surface area (TPSA) is 59.4 Å². The van der Waals surface area contributed by atoms with E-state index in [0.29, 0.717) is 11.4 Å².